The quantitative estimate of drug-likeness (QED) is 0.894. The van der Waals surface area contributed by atoms with Gasteiger partial charge in [-0.3, -0.25) is 9.80 Å². The number of rotatable bonds is 3. The first-order chi connectivity index (χ1) is 9.43. The lowest BCUT2D eigenvalue weighted by molar-refractivity contribution is 0.00150. The second-order valence-corrected chi connectivity index (χ2v) is 5.72. The number of hydrogen-bond acceptors (Lipinski definition) is 3. The lowest BCUT2D eigenvalue weighted by Crippen LogP contribution is -2.56. The molecule has 0 amide bonds. The molecule has 0 saturated carbocycles. The summed E-state index contributed by atoms with van der Waals surface area (Å²) in [5, 5.41) is 3.46. The Kier molecular flexibility index (Phi) is 4.49. The number of hydrogen-bond donors (Lipinski definition) is 1. The van der Waals surface area contributed by atoms with E-state index in [2.05, 4.69) is 45.4 Å². The summed E-state index contributed by atoms with van der Waals surface area (Å²) in [7, 11) is 0. The maximum Gasteiger partial charge on any atom is 0.0626 e. The Balaban J connectivity index is 1.66. The van der Waals surface area contributed by atoms with E-state index in [1.807, 2.05) is 0 Å². The van der Waals surface area contributed by atoms with Gasteiger partial charge in [-0.1, -0.05) is 30.3 Å². The molecule has 0 aromatic heterocycles. The highest BCUT2D eigenvalue weighted by Gasteiger charge is 2.28. The third kappa shape index (κ3) is 3.35. The minimum Gasteiger partial charge on any atom is -0.314 e. The van der Waals surface area contributed by atoms with Crippen LogP contribution in [0.4, 0.5) is 0 Å². The molecule has 0 radical (unpaired) electrons. The predicted octanol–water partition coefficient (Wildman–Crippen LogP) is 1.90. The highest BCUT2D eigenvalue weighted by atomic mass is 15.4. The van der Waals surface area contributed by atoms with E-state index in [1.54, 1.807) is 0 Å². The van der Waals surface area contributed by atoms with Gasteiger partial charge in [0.1, 0.15) is 0 Å². The monoisotopic (exact) mass is 259 g/mol. The molecule has 2 saturated heterocycles. The van der Waals surface area contributed by atoms with E-state index >= 15 is 0 Å². The molecule has 1 aromatic carbocycles. The van der Waals surface area contributed by atoms with E-state index in [0.717, 1.165) is 19.6 Å². The van der Waals surface area contributed by atoms with E-state index in [0.29, 0.717) is 6.17 Å². The Labute approximate surface area is 116 Å². The van der Waals surface area contributed by atoms with Crippen molar-refractivity contribution in [3.8, 4) is 0 Å². The zero-order chi connectivity index (χ0) is 12.9. The number of piperazine rings is 1. The van der Waals surface area contributed by atoms with Gasteiger partial charge in [-0.2, -0.15) is 0 Å². The van der Waals surface area contributed by atoms with Crippen LogP contribution >= 0.6 is 0 Å². The van der Waals surface area contributed by atoms with Crippen LogP contribution in [0.15, 0.2) is 30.3 Å². The van der Waals surface area contributed by atoms with Crippen LogP contribution in [0.25, 0.3) is 0 Å². The van der Waals surface area contributed by atoms with Crippen molar-refractivity contribution in [3.05, 3.63) is 35.9 Å². The van der Waals surface area contributed by atoms with Gasteiger partial charge in [-0.25, -0.2) is 0 Å². The lowest BCUT2D eigenvalue weighted by atomic mass is 10.0. The molecule has 2 heterocycles. The average molecular weight is 259 g/mol. The van der Waals surface area contributed by atoms with E-state index in [9.17, 15) is 0 Å². The maximum atomic E-state index is 3.46. The Morgan fingerprint density at radius 2 is 1.79 bits per heavy atom. The minimum atomic E-state index is 0.663. The van der Waals surface area contributed by atoms with Gasteiger partial charge in [0.2, 0.25) is 0 Å². The summed E-state index contributed by atoms with van der Waals surface area (Å²) in [5.41, 5.74) is 1.45. The van der Waals surface area contributed by atoms with Crippen LogP contribution in [0, 0.1) is 0 Å². The molecule has 1 atom stereocenters. The van der Waals surface area contributed by atoms with Crippen molar-refractivity contribution in [2.45, 2.75) is 32.0 Å². The molecule has 2 fully saturated rings. The van der Waals surface area contributed by atoms with Crippen molar-refractivity contribution in [3.63, 3.8) is 0 Å². The third-order valence-corrected chi connectivity index (χ3v) is 4.38. The number of nitrogens with one attached hydrogen (secondary N) is 1. The smallest absolute Gasteiger partial charge is 0.0626 e. The van der Waals surface area contributed by atoms with Gasteiger partial charge in [-0.15, -0.1) is 0 Å². The first-order valence-electron chi connectivity index (χ1n) is 7.66. The molecule has 0 aliphatic carbocycles. The van der Waals surface area contributed by atoms with Crippen LogP contribution < -0.4 is 5.32 Å². The van der Waals surface area contributed by atoms with Crippen LogP contribution in [0.2, 0.25) is 0 Å². The van der Waals surface area contributed by atoms with E-state index in [-0.39, 0.29) is 0 Å². The molecular formula is C16H25N3. The minimum absolute atomic E-state index is 0.663. The molecule has 1 aromatic rings. The second kappa shape index (κ2) is 6.51. The molecule has 2 aliphatic rings. The van der Waals surface area contributed by atoms with E-state index in [4.69, 9.17) is 0 Å². The largest absolute Gasteiger partial charge is 0.314 e. The van der Waals surface area contributed by atoms with Crippen molar-refractivity contribution in [1.82, 2.24) is 15.1 Å². The topological polar surface area (TPSA) is 18.5 Å². The van der Waals surface area contributed by atoms with Crippen LogP contribution in [0.1, 0.15) is 24.8 Å². The second-order valence-electron chi connectivity index (χ2n) is 5.72. The number of likely N-dealkylation sites (tertiary alicyclic amines) is 1. The third-order valence-electron chi connectivity index (χ3n) is 4.38. The van der Waals surface area contributed by atoms with Crippen molar-refractivity contribution >= 4 is 0 Å². The molecule has 3 rings (SSSR count). The Morgan fingerprint density at radius 3 is 2.58 bits per heavy atom. The Bertz CT molecular complexity index is 373. The van der Waals surface area contributed by atoms with Gasteiger partial charge in [0.25, 0.3) is 0 Å². The summed E-state index contributed by atoms with van der Waals surface area (Å²) in [6, 6.07) is 10.9. The normalized spacial score (nSPS) is 26.4. The molecule has 3 nitrogen and oxygen atoms in total. The van der Waals surface area contributed by atoms with Gasteiger partial charge >= 0.3 is 0 Å². The van der Waals surface area contributed by atoms with Crippen LogP contribution in [-0.4, -0.2) is 48.7 Å². The molecule has 1 N–H and O–H groups in total. The summed E-state index contributed by atoms with van der Waals surface area (Å²) in [5.74, 6) is 0. The summed E-state index contributed by atoms with van der Waals surface area (Å²) in [6.07, 6.45) is 4.75. The lowest BCUT2D eigenvalue weighted by Gasteiger charge is -2.44. The van der Waals surface area contributed by atoms with Crippen molar-refractivity contribution in [2.24, 2.45) is 0 Å². The molecular weight excluding hydrogens is 234 g/mol. The molecule has 19 heavy (non-hydrogen) atoms. The first-order valence-corrected chi connectivity index (χ1v) is 7.66. The number of benzene rings is 1. The van der Waals surface area contributed by atoms with Crippen LogP contribution in [0.3, 0.4) is 0 Å². The summed E-state index contributed by atoms with van der Waals surface area (Å²) in [6.45, 7) is 7.07. The standard InChI is InChI=1S/C16H25N3/c1-2-6-15(7-3-1)14-19-11-5-4-8-16(19)18-12-9-17-10-13-18/h1-3,6-7,16-17H,4-5,8-14H2. The summed E-state index contributed by atoms with van der Waals surface area (Å²) >= 11 is 0. The van der Waals surface area contributed by atoms with Crippen LogP contribution in [-0.2, 0) is 6.54 Å². The molecule has 1 unspecified atom stereocenters. The van der Waals surface area contributed by atoms with Crippen molar-refractivity contribution in [1.29, 1.82) is 0 Å². The molecule has 2 aliphatic heterocycles. The maximum absolute atomic E-state index is 3.46. The van der Waals surface area contributed by atoms with Crippen LogP contribution in [0.5, 0.6) is 0 Å². The fourth-order valence-electron chi connectivity index (χ4n) is 3.37. The van der Waals surface area contributed by atoms with E-state index < -0.39 is 0 Å². The van der Waals surface area contributed by atoms with Gasteiger partial charge in [0.15, 0.2) is 0 Å². The fourth-order valence-corrected chi connectivity index (χ4v) is 3.37. The fraction of sp³-hybridized carbons (Fsp3) is 0.625. The van der Waals surface area contributed by atoms with Gasteiger partial charge in [0, 0.05) is 32.7 Å². The Morgan fingerprint density at radius 1 is 1.00 bits per heavy atom. The van der Waals surface area contributed by atoms with E-state index in [1.165, 1.54) is 44.5 Å². The zero-order valence-electron chi connectivity index (χ0n) is 11.7. The highest BCUT2D eigenvalue weighted by Crippen LogP contribution is 2.22. The van der Waals surface area contributed by atoms with Crippen molar-refractivity contribution in [2.75, 3.05) is 32.7 Å². The van der Waals surface area contributed by atoms with Gasteiger partial charge in [0.05, 0.1) is 6.17 Å². The molecule has 0 spiro atoms. The van der Waals surface area contributed by atoms with Crippen molar-refractivity contribution < 1.29 is 0 Å². The predicted molar refractivity (Wildman–Crippen MR) is 78.9 cm³/mol. The molecule has 0 bridgehead atoms. The molecule has 104 valence electrons. The number of nitrogens with zero attached hydrogens (tertiary/aromatic N) is 2. The first kappa shape index (κ1) is 13.1. The highest BCUT2D eigenvalue weighted by molar-refractivity contribution is 5.14. The SMILES string of the molecule is c1ccc(CN2CCCCC2N2CCNCC2)cc1. The number of piperidine rings is 1. The zero-order valence-corrected chi connectivity index (χ0v) is 11.7. The summed E-state index contributed by atoms with van der Waals surface area (Å²) < 4.78 is 0. The van der Waals surface area contributed by atoms with Gasteiger partial charge in [-0.05, 0) is 31.4 Å². The molecule has 3 heteroatoms. The summed E-state index contributed by atoms with van der Waals surface area (Å²) in [4.78, 5) is 5.36. The Hall–Kier alpha value is -0.900. The average Bonchev–Trinajstić information content (AvgIpc) is 2.50. The van der Waals surface area contributed by atoms with Gasteiger partial charge < -0.3 is 5.32 Å².